The van der Waals surface area contributed by atoms with E-state index in [4.69, 9.17) is 9.26 Å². The van der Waals surface area contributed by atoms with E-state index in [1.54, 1.807) is 11.0 Å². The number of rotatable bonds is 3. The minimum absolute atomic E-state index is 0.133. The van der Waals surface area contributed by atoms with E-state index in [2.05, 4.69) is 5.16 Å². The van der Waals surface area contributed by atoms with E-state index in [1.807, 2.05) is 60.3 Å². The third kappa shape index (κ3) is 2.96. The van der Waals surface area contributed by atoms with Crippen LogP contribution >= 0.6 is 0 Å². The Bertz CT molecular complexity index is 869. The molecule has 1 aliphatic heterocycles. The Morgan fingerprint density at radius 1 is 1.20 bits per heavy atom. The monoisotopic (exact) mass is 337 g/mol. The van der Waals surface area contributed by atoms with Gasteiger partial charge in [0, 0.05) is 37.1 Å². The summed E-state index contributed by atoms with van der Waals surface area (Å²) in [6.07, 6.45) is 1.97. The van der Waals surface area contributed by atoms with Crippen LogP contribution in [-0.2, 0) is 11.8 Å². The van der Waals surface area contributed by atoms with Gasteiger partial charge in [-0.15, -0.1) is 0 Å². The largest absolute Gasteiger partial charge is 0.377 e. The van der Waals surface area contributed by atoms with Crippen molar-refractivity contribution in [2.45, 2.75) is 6.04 Å². The molecule has 1 atom stereocenters. The van der Waals surface area contributed by atoms with Crippen LogP contribution in [-0.4, -0.2) is 40.3 Å². The van der Waals surface area contributed by atoms with Gasteiger partial charge in [0.2, 0.25) is 5.76 Å². The van der Waals surface area contributed by atoms with Crippen molar-refractivity contribution >= 4 is 5.91 Å². The fourth-order valence-electron chi connectivity index (χ4n) is 3.17. The predicted molar refractivity (Wildman–Crippen MR) is 91.9 cm³/mol. The molecule has 1 saturated heterocycles. The van der Waals surface area contributed by atoms with Crippen LogP contribution in [0.15, 0.2) is 59.3 Å². The van der Waals surface area contributed by atoms with Crippen molar-refractivity contribution < 1.29 is 14.1 Å². The molecule has 2 aromatic heterocycles. The fourth-order valence-corrected chi connectivity index (χ4v) is 3.17. The van der Waals surface area contributed by atoms with E-state index >= 15 is 0 Å². The van der Waals surface area contributed by atoms with Crippen LogP contribution in [0.25, 0.3) is 11.3 Å². The van der Waals surface area contributed by atoms with Gasteiger partial charge in [0.05, 0.1) is 19.3 Å². The average Bonchev–Trinajstić information content (AvgIpc) is 3.31. The van der Waals surface area contributed by atoms with Gasteiger partial charge >= 0.3 is 0 Å². The Hall–Kier alpha value is -2.86. The lowest BCUT2D eigenvalue weighted by Gasteiger charge is -2.35. The molecule has 0 saturated carbocycles. The molecule has 1 aromatic carbocycles. The molecule has 6 nitrogen and oxygen atoms in total. The van der Waals surface area contributed by atoms with Crippen molar-refractivity contribution in [2.24, 2.45) is 7.05 Å². The molecule has 0 radical (unpaired) electrons. The van der Waals surface area contributed by atoms with Gasteiger partial charge in [-0.1, -0.05) is 35.5 Å². The smallest absolute Gasteiger partial charge is 0.293 e. The first-order valence-corrected chi connectivity index (χ1v) is 8.26. The minimum atomic E-state index is -0.163. The molecular formula is C19H19N3O3. The van der Waals surface area contributed by atoms with Crippen LogP contribution in [0.3, 0.4) is 0 Å². The second kappa shape index (κ2) is 6.57. The molecule has 3 heterocycles. The molecule has 0 unspecified atom stereocenters. The van der Waals surface area contributed by atoms with Crippen molar-refractivity contribution in [3.05, 3.63) is 66.2 Å². The quantitative estimate of drug-likeness (QED) is 0.737. The van der Waals surface area contributed by atoms with Gasteiger partial charge in [-0.3, -0.25) is 4.79 Å². The van der Waals surface area contributed by atoms with Crippen LogP contribution in [0.5, 0.6) is 0 Å². The first-order chi connectivity index (χ1) is 12.2. The van der Waals surface area contributed by atoms with Gasteiger partial charge < -0.3 is 18.7 Å². The number of hydrogen-bond acceptors (Lipinski definition) is 4. The summed E-state index contributed by atoms with van der Waals surface area (Å²) in [6.45, 7) is 1.52. The summed E-state index contributed by atoms with van der Waals surface area (Å²) in [4.78, 5) is 14.8. The molecule has 128 valence electrons. The number of carbonyl (C=O) groups is 1. The van der Waals surface area contributed by atoms with Crippen LogP contribution in [0.4, 0.5) is 0 Å². The fraction of sp³-hybridized carbons (Fsp3) is 0.263. The lowest BCUT2D eigenvalue weighted by molar-refractivity contribution is -0.00654. The molecule has 6 heteroatoms. The third-order valence-electron chi connectivity index (χ3n) is 4.51. The maximum Gasteiger partial charge on any atom is 0.293 e. The van der Waals surface area contributed by atoms with Crippen molar-refractivity contribution in [1.29, 1.82) is 0 Å². The van der Waals surface area contributed by atoms with Crippen molar-refractivity contribution in [2.75, 3.05) is 19.8 Å². The summed E-state index contributed by atoms with van der Waals surface area (Å²) in [5.74, 6) is 0.0872. The summed E-state index contributed by atoms with van der Waals surface area (Å²) >= 11 is 0. The summed E-state index contributed by atoms with van der Waals surface area (Å²) in [7, 11) is 1.97. The first-order valence-electron chi connectivity index (χ1n) is 8.26. The highest BCUT2D eigenvalue weighted by Crippen LogP contribution is 2.27. The summed E-state index contributed by atoms with van der Waals surface area (Å²) in [5.41, 5.74) is 2.62. The molecule has 0 aliphatic carbocycles. The Morgan fingerprint density at radius 3 is 2.80 bits per heavy atom. The van der Waals surface area contributed by atoms with Crippen molar-refractivity contribution in [3.8, 4) is 11.3 Å². The zero-order valence-electron chi connectivity index (χ0n) is 14.0. The van der Waals surface area contributed by atoms with Gasteiger partial charge in [0.25, 0.3) is 5.91 Å². The van der Waals surface area contributed by atoms with Crippen molar-refractivity contribution in [1.82, 2.24) is 14.6 Å². The van der Waals surface area contributed by atoms with E-state index < -0.39 is 0 Å². The Labute approximate surface area is 145 Å². The second-order valence-corrected chi connectivity index (χ2v) is 6.08. The van der Waals surface area contributed by atoms with Crippen LogP contribution in [0.1, 0.15) is 22.3 Å². The number of aromatic nitrogens is 2. The number of ether oxygens (including phenoxy) is 1. The van der Waals surface area contributed by atoms with Crippen LogP contribution < -0.4 is 0 Å². The third-order valence-corrected chi connectivity index (χ3v) is 4.51. The lowest BCUT2D eigenvalue weighted by atomic mass is 10.1. The van der Waals surface area contributed by atoms with Crippen molar-refractivity contribution in [3.63, 3.8) is 0 Å². The van der Waals surface area contributed by atoms with Gasteiger partial charge in [-0.2, -0.15) is 0 Å². The molecule has 4 rings (SSSR count). The Balaban J connectivity index is 1.61. The molecule has 1 fully saturated rings. The van der Waals surface area contributed by atoms with E-state index in [-0.39, 0.29) is 17.7 Å². The summed E-state index contributed by atoms with van der Waals surface area (Å²) in [5, 5.41) is 4.05. The summed E-state index contributed by atoms with van der Waals surface area (Å²) in [6, 6.07) is 15.2. The van der Waals surface area contributed by atoms with E-state index in [0.717, 1.165) is 11.3 Å². The van der Waals surface area contributed by atoms with E-state index in [0.29, 0.717) is 25.5 Å². The summed E-state index contributed by atoms with van der Waals surface area (Å²) < 4.78 is 12.9. The number of hydrogen-bond donors (Lipinski definition) is 0. The number of benzene rings is 1. The van der Waals surface area contributed by atoms with Gasteiger partial charge in [0.15, 0.2) is 0 Å². The predicted octanol–water partition coefficient (Wildman–Crippen LogP) is 2.89. The molecule has 3 aromatic rings. The topological polar surface area (TPSA) is 60.5 Å². The van der Waals surface area contributed by atoms with Crippen LogP contribution in [0, 0.1) is 0 Å². The normalized spacial score (nSPS) is 17.6. The average molecular weight is 337 g/mol. The number of nitrogens with zero attached hydrogens (tertiary/aromatic N) is 3. The maximum atomic E-state index is 13.0. The highest BCUT2D eigenvalue weighted by molar-refractivity contribution is 5.92. The molecule has 0 spiro atoms. The highest BCUT2D eigenvalue weighted by atomic mass is 16.5. The lowest BCUT2D eigenvalue weighted by Crippen LogP contribution is -2.43. The minimum Gasteiger partial charge on any atom is -0.377 e. The molecule has 0 bridgehead atoms. The Kier molecular flexibility index (Phi) is 4.11. The SMILES string of the molecule is Cn1cccc1[C@H]1COCCN1C(=O)c1cc(-c2ccccc2)no1. The molecule has 1 aliphatic rings. The van der Waals surface area contributed by atoms with E-state index in [1.165, 1.54) is 0 Å². The second-order valence-electron chi connectivity index (χ2n) is 6.08. The molecule has 1 amide bonds. The maximum absolute atomic E-state index is 13.0. The zero-order chi connectivity index (χ0) is 17.2. The van der Waals surface area contributed by atoms with Crippen LogP contribution in [0.2, 0.25) is 0 Å². The van der Waals surface area contributed by atoms with Gasteiger partial charge in [-0.05, 0) is 12.1 Å². The van der Waals surface area contributed by atoms with E-state index in [9.17, 15) is 4.79 Å². The molecule has 25 heavy (non-hydrogen) atoms. The first kappa shape index (κ1) is 15.7. The number of amides is 1. The highest BCUT2D eigenvalue weighted by Gasteiger charge is 2.32. The number of morpholine rings is 1. The zero-order valence-corrected chi connectivity index (χ0v) is 14.0. The number of aryl methyl sites for hydroxylation is 1. The Morgan fingerprint density at radius 2 is 2.04 bits per heavy atom. The standard InChI is InChI=1S/C19H19N3O3/c1-21-9-5-8-16(21)17-13-24-11-10-22(17)19(23)18-12-15(20-25-18)14-6-3-2-4-7-14/h2-9,12,17H,10-11,13H2,1H3/t17-/m1/s1. The molecular weight excluding hydrogens is 318 g/mol. The van der Waals surface area contributed by atoms with Gasteiger partial charge in [-0.25, -0.2) is 0 Å². The number of carbonyl (C=O) groups excluding carboxylic acids is 1. The van der Waals surface area contributed by atoms with Gasteiger partial charge in [0.1, 0.15) is 5.69 Å². The molecule has 0 N–H and O–H groups in total.